The molecule has 2 rings (SSSR count). The van der Waals surface area contributed by atoms with E-state index in [0.717, 1.165) is 44.8 Å². The van der Waals surface area contributed by atoms with Crippen molar-refractivity contribution in [3.05, 3.63) is 23.8 Å². The number of hydrogen-bond acceptors (Lipinski definition) is 3. The molecule has 3 heteroatoms. The van der Waals surface area contributed by atoms with Crippen LogP contribution in [-0.4, -0.2) is 26.3 Å². The maximum absolute atomic E-state index is 6.02. The minimum absolute atomic E-state index is 0.808. The summed E-state index contributed by atoms with van der Waals surface area (Å²) in [7, 11) is 0. The van der Waals surface area contributed by atoms with Crippen molar-refractivity contribution < 1.29 is 4.74 Å². The Balaban J connectivity index is 1.99. The highest BCUT2D eigenvalue weighted by Crippen LogP contribution is 2.30. The highest BCUT2D eigenvalue weighted by Gasteiger charge is 2.17. The number of benzene rings is 1. The van der Waals surface area contributed by atoms with E-state index in [9.17, 15) is 0 Å². The lowest BCUT2D eigenvalue weighted by Gasteiger charge is -2.31. The van der Waals surface area contributed by atoms with Gasteiger partial charge in [0.15, 0.2) is 0 Å². The van der Waals surface area contributed by atoms with Gasteiger partial charge in [-0.3, -0.25) is 0 Å². The molecule has 0 saturated carbocycles. The van der Waals surface area contributed by atoms with Crippen LogP contribution in [0.5, 0.6) is 0 Å². The van der Waals surface area contributed by atoms with Crippen molar-refractivity contribution in [2.24, 2.45) is 0 Å². The van der Waals surface area contributed by atoms with Crippen molar-refractivity contribution in [3.63, 3.8) is 0 Å². The fraction of sp³-hybridized carbons (Fsp3) is 0.571. The number of hydrogen-bond donors (Lipinski definition) is 1. The van der Waals surface area contributed by atoms with Crippen LogP contribution in [0.15, 0.2) is 18.2 Å². The van der Waals surface area contributed by atoms with Gasteiger partial charge in [0, 0.05) is 31.1 Å². The number of fused-ring (bicyclic) bond motifs is 1. The highest BCUT2D eigenvalue weighted by molar-refractivity contribution is 5.66. The summed E-state index contributed by atoms with van der Waals surface area (Å²) in [4.78, 5) is 2.39. The predicted molar refractivity (Wildman–Crippen MR) is 72.5 cm³/mol. The first-order valence-corrected chi connectivity index (χ1v) is 6.53. The van der Waals surface area contributed by atoms with E-state index < -0.39 is 0 Å². The lowest BCUT2D eigenvalue weighted by molar-refractivity contribution is 0.140. The van der Waals surface area contributed by atoms with Gasteiger partial charge in [0.2, 0.25) is 0 Å². The Kier molecular flexibility index (Phi) is 4.26. The molecule has 94 valence electrons. The average Bonchev–Trinajstić information content (AvgIpc) is 2.36. The Morgan fingerprint density at radius 3 is 3.06 bits per heavy atom. The van der Waals surface area contributed by atoms with Crippen molar-refractivity contribution in [1.82, 2.24) is 0 Å². The van der Waals surface area contributed by atoms with E-state index in [1.807, 2.05) is 12.1 Å². The number of nitrogen functional groups attached to an aromatic ring is 1. The van der Waals surface area contributed by atoms with Gasteiger partial charge in [-0.15, -0.1) is 0 Å². The number of anilines is 2. The van der Waals surface area contributed by atoms with Crippen LogP contribution in [0.25, 0.3) is 0 Å². The quantitative estimate of drug-likeness (QED) is 0.628. The van der Waals surface area contributed by atoms with Gasteiger partial charge in [0.1, 0.15) is 0 Å². The summed E-state index contributed by atoms with van der Waals surface area (Å²) in [5, 5.41) is 0. The van der Waals surface area contributed by atoms with E-state index in [4.69, 9.17) is 10.5 Å². The summed E-state index contributed by atoms with van der Waals surface area (Å²) in [6.07, 6.45) is 3.38. The Morgan fingerprint density at radius 1 is 1.35 bits per heavy atom. The predicted octanol–water partition coefficient (Wildman–Crippen LogP) is 2.45. The van der Waals surface area contributed by atoms with Crippen LogP contribution >= 0.6 is 0 Å². The Bertz CT molecular complexity index is 365. The average molecular weight is 234 g/mol. The molecule has 0 spiro atoms. The van der Waals surface area contributed by atoms with Gasteiger partial charge in [-0.25, -0.2) is 0 Å². The molecule has 1 aromatic rings. The smallest absolute Gasteiger partial charge is 0.0641 e. The van der Waals surface area contributed by atoms with Crippen LogP contribution in [0, 0.1) is 0 Å². The molecule has 0 aromatic heterocycles. The first-order valence-electron chi connectivity index (χ1n) is 6.53. The Hall–Kier alpha value is -1.22. The van der Waals surface area contributed by atoms with Crippen LogP contribution in [0.4, 0.5) is 11.4 Å². The third-order valence-corrected chi connectivity index (χ3v) is 3.24. The first kappa shape index (κ1) is 12.2. The molecule has 0 atom stereocenters. The summed E-state index contributed by atoms with van der Waals surface area (Å²) >= 11 is 0. The van der Waals surface area contributed by atoms with Crippen molar-refractivity contribution in [3.8, 4) is 0 Å². The van der Waals surface area contributed by atoms with E-state index in [-0.39, 0.29) is 0 Å². The van der Waals surface area contributed by atoms with Gasteiger partial charge >= 0.3 is 0 Å². The summed E-state index contributed by atoms with van der Waals surface area (Å²) in [6.45, 7) is 5.89. The van der Waals surface area contributed by atoms with E-state index in [2.05, 4.69) is 17.9 Å². The van der Waals surface area contributed by atoms with E-state index >= 15 is 0 Å². The first-order chi connectivity index (χ1) is 8.33. The van der Waals surface area contributed by atoms with Crippen LogP contribution in [0.2, 0.25) is 0 Å². The van der Waals surface area contributed by atoms with E-state index in [1.54, 1.807) is 0 Å². The summed E-state index contributed by atoms with van der Waals surface area (Å²) < 4.78 is 5.56. The maximum atomic E-state index is 6.02. The molecule has 17 heavy (non-hydrogen) atoms. The van der Waals surface area contributed by atoms with Gasteiger partial charge in [-0.1, -0.05) is 13.0 Å². The summed E-state index contributed by atoms with van der Waals surface area (Å²) in [5.74, 6) is 0. The van der Waals surface area contributed by atoms with Crippen LogP contribution < -0.4 is 10.6 Å². The molecule has 0 unspecified atom stereocenters. The Morgan fingerprint density at radius 2 is 2.24 bits per heavy atom. The lowest BCUT2D eigenvalue weighted by atomic mass is 10.00. The highest BCUT2D eigenvalue weighted by atomic mass is 16.5. The van der Waals surface area contributed by atoms with Gasteiger partial charge < -0.3 is 15.4 Å². The zero-order valence-electron chi connectivity index (χ0n) is 10.6. The largest absolute Gasteiger partial charge is 0.398 e. The second-order valence-corrected chi connectivity index (χ2v) is 4.55. The van der Waals surface area contributed by atoms with Gasteiger partial charge in [0.25, 0.3) is 0 Å². The van der Waals surface area contributed by atoms with Gasteiger partial charge in [0.05, 0.1) is 6.61 Å². The third kappa shape index (κ3) is 2.91. The van der Waals surface area contributed by atoms with Crippen LogP contribution in [0.1, 0.15) is 25.3 Å². The monoisotopic (exact) mass is 234 g/mol. The van der Waals surface area contributed by atoms with Crippen molar-refractivity contribution >= 4 is 11.4 Å². The number of nitrogens with zero attached hydrogens (tertiary/aromatic N) is 1. The SMILES string of the molecule is CCCOCCN1CCCc2c(N)cccc21. The molecule has 3 nitrogen and oxygen atoms in total. The standard InChI is InChI=1S/C14H22N2O/c1-2-10-17-11-9-16-8-4-5-12-13(15)6-3-7-14(12)16/h3,6-7H,2,4-5,8-11,15H2,1H3. The van der Waals surface area contributed by atoms with E-state index in [1.165, 1.54) is 17.7 Å². The molecule has 1 heterocycles. The van der Waals surface area contributed by atoms with Crippen molar-refractivity contribution in [2.75, 3.05) is 36.9 Å². The number of ether oxygens (including phenoxy) is 1. The zero-order valence-corrected chi connectivity index (χ0v) is 10.6. The minimum Gasteiger partial charge on any atom is -0.398 e. The summed E-state index contributed by atoms with van der Waals surface area (Å²) in [6, 6.07) is 6.21. The Labute approximate surface area is 104 Å². The molecule has 0 saturated heterocycles. The van der Waals surface area contributed by atoms with Crippen molar-refractivity contribution in [1.29, 1.82) is 0 Å². The lowest BCUT2D eigenvalue weighted by Crippen LogP contribution is -2.32. The minimum atomic E-state index is 0.808. The number of nitrogens with two attached hydrogens (primary N) is 1. The zero-order chi connectivity index (χ0) is 12.1. The fourth-order valence-corrected chi connectivity index (χ4v) is 2.38. The molecule has 2 N–H and O–H groups in total. The topological polar surface area (TPSA) is 38.5 Å². The molecule has 0 aliphatic carbocycles. The summed E-state index contributed by atoms with van der Waals surface area (Å²) in [5.41, 5.74) is 9.57. The van der Waals surface area contributed by atoms with Crippen LogP contribution in [0.3, 0.4) is 0 Å². The third-order valence-electron chi connectivity index (χ3n) is 3.24. The second kappa shape index (κ2) is 5.92. The second-order valence-electron chi connectivity index (χ2n) is 4.55. The van der Waals surface area contributed by atoms with Gasteiger partial charge in [-0.05, 0) is 37.0 Å². The van der Waals surface area contributed by atoms with Gasteiger partial charge in [-0.2, -0.15) is 0 Å². The normalized spacial score (nSPS) is 14.8. The van der Waals surface area contributed by atoms with Crippen LogP contribution in [-0.2, 0) is 11.2 Å². The molecule has 1 aliphatic heterocycles. The fourth-order valence-electron chi connectivity index (χ4n) is 2.38. The molecule has 0 amide bonds. The molecule has 0 bridgehead atoms. The van der Waals surface area contributed by atoms with E-state index in [0.29, 0.717) is 0 Å². The molecule has 1 aromatic carbocycles. The molecule has 0 fully saturated rings. The molecule has 1 aliphatic rings. The number of rotatable bonds is 5. The maximum Gasteiger partial charge on any atom is 0.0641 e. The van der Waals surface area contributed by atoms with Crippen molar-refractivity contribution in [2.45, 2.75) is 26.2 Å². The molecular weight excluding hydrogens is 212 g/mol. The molecular formula is C14H22N2O. The molecule has 0 radical (unpaired) electrons.